The summed E-state index contributed by atoms with van der Waals surface area (Å²) in [5, 5.41) is 27.6. The number of hydrogen-bond acceptors (Lipinski definition) is 11. The zero-order chi connectivity index (χ0) is 31.5. The van der Waals surface area contributed by atoms with Crippen molar-refractivity contribution in [2.24, 2.45) is 7.05 Å². The van der Waals surface area contributed by atoms with Crippen molar-refractivity contribution >= 4 is 34.8 Å². The SMILES string of the molecule is [2H]C([2H])([2H])NC(=O)c1nnc(Nc2ccc(OC)nn2)cc1Nc1cc(F)cc(-c2cc(C(=O)N(C)C)n(C)n2)c1OC. The van der Waals surface area contributed by atoms with Crippen LogP contribution in [-0.4, -0.2) is 82.2 Å². The van der Waals surface area contributed by atoms with Crippen LogP contribution < -0.4 is 25.4 Å². The molecule has 40 heavy (non-hydrogen) atoms. The Hall–Kier alpha value is -5.34. The van der Waals surface area contributed by atoms with Crippen LogP contribution in [-0.2, 0) is 7.05 Å². The predicted octanol–water partition coefficient (Wildman–Crippen LogP) is 2.37. The number of anilines is 4. The Balaban J connectivity index is 1.79. The van der Waals surface area contributed by atoms with Gasteiger partial charge in [-0.1, -0.05) is 0 Å². The standard InChI is InChI=1S/C25H27FN10O4/c1-27-24(37)22-16(12-20(31-33-22)29-19-7-8-21(39-5)32-30-19)28-17-10-13(26)9-14(23(17)40-6)15-11-18(36(4)34-15)25(38)35(2)3/h7-12H,1-6H3,(H,27,37)(H2,28,29,30,31)/i1D3. The Morgan fingerprint density at radius 2 is 1.75 bits per heavy atom. The van der Waals surface area contributed by atoms with Crippen molar-refractivity contribution in [1.82, 2.24) is 40.4 Å². The molecule has 14 nitrogen and oxygen atoms in total. The summed E-state index contributed by atoms with van der Waals surface area (Å²) in [6, 6.07) is 8.22. The fourth-order valence-electron chi connectivity index (χ4n) is 3.67. The van der Waals surface area contributed by atoms with Crippen molar-refractivity contribution in [2.45, 2.75) is 0 Å². The number of benzene rings is 1. The highest BCUT2D eigenvalue weighted by molar-refractivity contribution is 5.99. The van der Waals surface area contributed by atoms with Crippen molar-refractivity contribution in [2.75, 3.05) is 45.9 Å². The molecule has 0 saturated heterocycles. The average molecular weight is 554 g/mol. The van der Waals surface area contributed by atoms with Crippen LogP contribution in [0.25, 0.3) is 11.3 Å². The molecule has 3 N–H and O–H groups in total. The molecule has 1 aromatic carbocycles. The number of aromatic nitrogens is 6. The van der Waals surface area contributed by atoms with E-state index in [4.69, 9.17) is 13.6 Å². The van der Waals surface area contributed by atoms with Crippen molar-refractivity contribution in [3.05, 3.63) is 53.6 Å². The van der Waals surface area contributed by atoms with E-state index in [9.17, 15) is 9.59 Å². The minimum Gasteiger partial charge on any atom is -0.494 e. The molecule has 4 aromatic rings. The van der Waals surface area contributed by atoms with Crippen molar-refractivity contribution in [3.63, 3.8) is 0 Å². The van der Waals surface area contributed by atoms with Crippen LogP contribution in [0.15, 0.2) is 36.4 Å². The summed E-state index contributed by atoms with van der Waals surface area (Å²) >= 11 is 0. The fourth-order valence-corrected chi connectivity index (χ4v) is 3.67. The van der Waals surface area contributed by atoms with Gasteiger partial charge in [-0.15, -0.1) is 20.4 Å². The van der Waals surface area contributed by atoms with Crippen molar-refractivity contribution in [3.8, 4) is 22.9 Å². The zero-order valence-corrected chi connectivity index (χ0v) is 22.1. The van der Waals surface area contributed by atoms with Crippen LogP contribution in [0.3, 0.4) is 0 Å². The van der Waals surface area contributed by atoms with E-state index in [1.807, 2.05) is 5.32 Å². The molecule has 208 valence electrons. The van der Waals surface area contributed by atoms with Crippen LogP contribution in [0.1, 0.15) is 25.1 Å². The van der Waals surface area contributed by atoms with Crippen molar-refractivity contribution in [1.29, 1.82) is 0 Å². The van der Waals surface area contributed by atoms with Gasteiger partial charge in [-0.2, -0.15) is 5.10 Å². The average Bonchev–Trinajstić information content (AvgIpc) is 3.33. The van der Waals surface area contributed by atoms with E-state index in [0.29, 0.717) is 0 Å². The number of rotatable bonds is 9. The first-order chi connectivity index (χ1) is 20.3. The van der Waals surface area contributed by atoms with Crippen LogP contribution >= 0.6 is 0 Å². The molecule has 4 rings (SSSR count). The summed E-state index contributed by atoms with van der Waals surface area (Å²) in [5.41, 5.74) is 0.253. The molecule has 3 heterocycles. The number of ether oxygens (including phenoxy) is 2. The third-order valence-electron chi connectivity index (χ3n) is 5.54. The van der Waals surface area contributed by atoms with E-state index in [1.54, 1.807) is 33.3 Å². The van der Waals surface area contributed by atoms with Crippen LogP contribution in [0.5, 0.6) is 11.6 Å². The molecular formula is C25H27FN10O4. The molecule has 0 unspecified atom stereocenters. The topological polar surface area (TPSA) is 161 Å². The lowest BCUT2D eigenvalue weighted by molar-refractivity contribution is 0.0816. The minimum absolute atomic E-state index is 0.0368. The second-order valence-electron chi connectivity index (χ2n) is 8.43. The highest BCUT2D eigenvalue weighted by Gasteiger charge is 2.22. The predicted molar refractivity (Wildman–Crippen MR) is 144 cm³/mol. The minimum atomic E-state index is -2.82. The third kappa shape index (κ3) is 5.72. The molecule has 15 heteroatoms. The van der Waals surface area contributed by atoms with Gasteiger partial charge in [0.05, 0.1) is 31.3 Å². The first-order valence-corrected chi connectivity index (χ1v) is 11.5. The Labute approximate surface area is 232 Å². The number of aryl methyl sites for hydroxylation is 1. The Kier molecular flexibility index (Phi) is 6.88. The number of hydrogen-bond donors (Lipinski definition) is 3. The van der Waals surface area contributed by atoms with Gasteiger partial charge >= 0.3 is 0 Å². The van der Waals surface area contributed by atoms with E-state index < -0.39 is 24.4 Å². The summed E-state index contributed by atoms with van der Waals surface area (Å²) < 4.78 is 49.2. The van der Waals surface area contributed by atoms with Gasteiger partial charge in [0, 0.05) is 56.0 Å². The summed E-state index contributed by atoms with van der Waals surface area (Å²) in [5.74, 6) is -1.37. The van der Waals surface area contributed by atoms with Gasteiger partial charge in [-0.25, -0.2) is 4.39 Å². The normalized spacial score (nSPS) is 12.0. The maximum Gasteiger partial charge on any atom is 0.273 e. The number of nitrogens with one attached hydrogen (secondary N) is 3. The molecule has 0 fully saturated rings. The van der Waals surface area contributed by atoms with Crippen molar-refractivity contribution < 1.29 is 27.6 Å². The number of halogens is 1. The van der Waals surface area contributed by atoms with Gasteiger partial charge in [-0.05, 0) is 18.2 Å². The van der Waals surface area contributed by atoms with Crippen LogP contribution in [0.4, 0.5) is 27.4 Å². The highest BCUT2D eigenvalue weighted by Crippen LogP contribution is 2.39. The second kappa shape index (κ2) is 11.6. The van der Waals surface area contributed by atoms with Gasteiger partial charge < -0.3 is 30.3 Å². The fraction of sp³-hybridized carbons (Fsp3) is 0.240. The zero-order valence-electron chi connectivity index (χ0n) is 25.1. The summed E-state index contributed by atoms with van der Waals surface area (Å²) in [4.78, 5) is 26.8. The molecule has 0 saturated carbocycles. The van der Waals surface area contributed by atoms with E-state index in [-0.39, 0.29) is 57.5 Å². The lowest BCUT2D eigenvalue weighted by Gasteiger charge is -2.16. The molecule has 0 aliphatic rings. The number of methoxy groups -OCH3 is 2. The lowest BCUT2D eigenvalue weighted by Crippen LogP contribution is -2.24. The van der Waals surface area contributed by atoms with Crippen LogP contribution in [0, 0.1) is 5.82 Å². The Bertz CT molecular complexity index is 1660. The largest absolute Gasteiger partial charge is 0.494 e. The Morgan fingerprint density at radius 3 is 2.40 bits per heavy atom. The summed E-state index contributed by atoms with van der Waals surface area (Å²) in [7, 11) is 7.54. The van der Waals surface area contributed by atoms with Gasteiger partial charge in [0.2, 0.25) is 5.88 Å². The lowest BCUT2D eigenvalue weighted by atomic mass is 10.1. The molecule has 0 aliphatic carbocycles. The number of nitrogens with zero attached hydrogens (tertiary/aromatic N) is 7. The second-order valence-corrected chi connectivity index (χ2v) is 8.43. The summed E-state index contributed by atoms with van der Waals surface area (Å²) in [6.07, 6.45) is 0. The Morgan fingerprint density at radius 1 is 0.975 bits per heavy atom. The maximum atomic E-state index is 15.0. The van der Waals surface area contributed by atoms with E-state index in [2.05, 4.69) is 36.1 Å². The molecule has 0 radical (unpaired) electrons. The molecule has 2 amide bonds. The van der Waals surface area contributed by atoms with Gasteiger partial charge in [0.15, 0.2) is 23.1 Å². The van der Waals surface area contributed by atoms with Gasteiger partial charge in [0.1, 0.15) is 11.5 Å². The third-order valence-corrected chi connectivity index (χ3v) is 5.54. The van der Waals surface area contributed by atoms with Gasteiger partial charge in [-0.3, -0.25) is 14.3 Å². The smallest absolute Gasteiger partial charge is 0.273 e. The van der Waals surface area contributed by atoms with E-state index in [0.717, 1.165) is 6.07 Å². The van der Waals surface area contributed by atoms with Gasteiger partial charge in [0.25, 0.3) is 11.8 Å². The molecule has 0 aliphatic heterocycles. The summed E-state index contributed by atoms with van der Waals surface area (Å²) in [6.45, 7) is -2.82. The molecule has 0 bridgehead atoms. The monoisotopic (exact) mass is 553 g/mol. The molecule has 0 spiro atoms. The number of amides is 2. The first-order valence-electron chi connectivity index (χ1n) is 13.0. The molecule has 0 atom stereocenters. The number of carbonyl (C=O) groups excluding carboxylic acids is 2. The quantitative estimate of drug-likeness (QED) is 0.279. The molecular weight excluding hydrogens is 523 g/mol. The van der Waals surface area contributed by atoms with E-state index >= 15 is 4.39 Å². The first kappa shape index (κ1) is 23.8. The van der Waals surface area contributed by atoms with E-state index in [1.165, 1.54) is 42.0 Å². The highest BCUT2D eigenvalue weighted by atomic mass is 19.1. The number of carbonyl (C=O) groups is 2. The maximum absolute atomic E-state index is 15.0. The molecule has 3 aromatic heterocycles. The van der Waals surface area contributed by atoms with Crippen LogP contribution in [0.2, 0.25) is 0 Å².